The predicted molar refractivity (Wildman–Crippen MR) is 132 cm³/mol. The van der Waals surface area contributed by atoms with Gasteiger partial charge in [0.25, 0.3) is 11.8 Å². The van der Waals surface area contributed by atoms with Gasteiger partial charge >= 0.3 is 0 Å². The van der Waals surface area contributed by atoms with Crippen LogP contribution >= 0.6 is 23.2 Å². The van der Waals surface area contributed by atoms with Crippen molar-refractivity contribution in [2.75, 3.05) is 29.6 Å². The highest BCUT2D eigenvalue weighted by Crippen LogP contribution is 2.33. The van der Waals surface area contributed by atoms with Gasteiger partial charge in [-0.1, -0.05) is 35.3 Å². The maximum absolute atomic E-state index is 13.1. The standard InChI is InChI=1S/C24H22Cl2N4O2/c1-14(27)15-4-6-16(7-5-15)23(31)29-22-20(12-18(26)13-21(22)30(2)3)24(32)28-19-10-8-17(25)9-11-19/h4-13,27H,1-3H3,(H,28,32)(H,29,31). The van der Waals surface area contributed by atoms with Gasteiger partial charge in [-0.25, -0.2) is 0 Å². The van der Waals surface area contributed by atoms with E-state index >= 15 is 0 Å². The molecule has 0 aliphatic carbocycles. The van der Waals surface area contributed by atoms with Crippen LogP contribution in [0.4, 0.5) is 17.1 Å². The second kappa shape index (κ2) is 9.85. The quantitative estimate of drug-likeness (QED) is 0.390. The monoisotopic (exact) mass is 468 g/mol. The number of amides is 2. The maximum atomic E-state index is 13.1. The van der Waals surface area contributed by atoms with Gasteiger partial charge in [-0.05, 0) is 61.0 Å². The second-order valence-electron chi connectivity index (χ2n) is 7.36. The summed E-state index contributed by atoms with van der Waals surface area (Å²) in [6, 6.07) is 16.6. The summed E-state index contributed by atoms with van der Waals surface area (Å²) in [4.78, 5) is 27.8. The molecule has 164 valence electrons. The smallest absolute Gasteiger partial charge is 0.257 e. The number of halogens is 2. The summed E-state index contributed by atoms with van der Waals surface area (Å²) in [6.45, 7) is 1.68. The lowest BCUT2D eigenvalue weighted by molar-refractivity contribution is 0.102. The molecule has 0 fully saturated rings. The van der Waals surface area contributed by atoms with Crippen molar-refractivity contribution in [3.05, 3.63) is 87.4 Å². The molecule has 0 saturated heterocycles. The highest BCUT2D eigenvalue weighted by Gasteiger charge is 2.21. The molecular formula is C24H22Cl2N4O2. The molecule has 32 heavy (non-hydrogen) atoms. The van der Waals surface area contributed by atoms with Crippen molar-refractivity contribution in [3.8, 4) is 0 Å². The molecule has 0 aliphatic rings. The van der Waals surface area contributed by atoms with Crippen molar-refractivity contribution in [3.63, 3.8) is 0 Å². The third-order valence-electron chi connectivity index (χ3n) is 4.73. The Balaban J connectivity index is 1.97. The van der Waals surface area contributed by atoms with E-state index in [0.29, 0.717) is 38.4 Å². The minimum Gasteiger partial charge on any atom is -0.376 e. The van der Waals surface area contributed by atoms with Crippen LogP contribution in [0.5, 0.6) is 0 Å². The molecule has 0 spiro atoms. The van der Waals surface area contributed by atoms with Gasteiger partial charge in [0.05, 0.1) is 16.9 Å². The van der Waals surface area contributed by atoms with Gasteiger partial charge in [-0.3, -0.25) is 9.59 Å². The van der Waals surface area contributed by atoms with E-state index in [2.05, 4.69) is 10.6 Å². The Morgan fingerprint density at radius 1 is 0.812 bits per heavy atom. The number of carbonyl (C=O) groups excluding carboxylic acids is 2. The van der Waals surface area contributed by atoms with E-state index < -0.39 is 5.91 Å². The van der Waals surface area contributed by atoms with Crippen molar-refractivity contribution in [2.24, 2.45) is 0 Å². The normalized spacial score (nSPS) is 10.4. The zero-order valence-corrected chi connectivity index (χ0v) is 19.3. The molecular weight excluding hydrogens is 447 g/mol. The first-order chi connectivity index (χ1) is 15.2. The molecule has 0 aromatic heterocycles. The molecule has 3 aromatic carbocycles. The van der Waals surface area contributed by atoms with Gasteiger partial charge in [-0.15, -0.1) is 0 Å². The van der Waals surface area contributed by atoms with E-state index in [1.54, 1.807) is 80.5 Å². The van der Waals surface area contributed by atoms with Gasteiger partial charge in [0, 0.05) is 41.1 Å². The number of carbonyl (C=O) groups is 2. The van der Waals surface area contributed by atoms with Crippen molar-refractivity contribution in [1.82, 2.24) is 0 Å². The molecule has 3 aromatic rings. The van der Waals surface area contributed by atoms with Crippen LogP contribution < -0.4 is 15.5 Å². The Labute approximate surface area is 196 Å². The van der Waals surface area contributed by atoms with Crippen LogP contribution in [-0.2, 0) is 0 Å². The van der Waals surface area contributed by atoms with Crippen LogP contribution in [-0.4, -0.2) is 31.6 Å². The Kier molecular flexibility index (Phi) is 7.18. The van der Waals surface area contributed by atoms with Crippen LogP contribution in [0.3, 0.4) is 0 Å². The Bertz CT molecular complexity index is 1170. The van der Waals surface area contributed by atoms with E-state index in [1.807, 2.05) is 0 Å². The minimum absolute atomic E-state index is 0.219. The van der Waals surface area contributed by atoms with Crippen molar-refractivity contribution < 1.29 is 9.59 Å². The Morgan fingerprint density at radius 3 is 1.97 bits per heavy atom. The molecule has 2 amide bonds. The molecule has 0 atom stereocenters. The van der Waals surface area contributed by atoms with Gasteiger partial charge < -0.3 is 20.9 Å². The third kappa shape index (κ3) is 5.46. The van der Waals surface area contributed by atoms with Crippen LogP contribution in [0.15, 0.2) is 60.7 Å². The zero-order chi connectivity index (χ0) is 23.4. The molecule has 3 rings (SSSR count). The third-order valence-corrected chi connectivity index (χ3v) is 5.20. The zero-order valence-electron chi connectivity index (χ0n) is 17.8. The van der Waals surface area contributed by atoms with E-state index in [4.69, 9.17) is 28.6 Å². The van der Waals surface area contributed by atoms with Crippen molar-refractivity contribution >= 4 is 57.8 Å². The van der Waals surface area contributed by atoms with E-state index in [-0.39, 0.29) is 11.5 Å². The average Bonchev–Trinajstić information content (AvgIpc) is 2.76. The molecule has 0 radical (unpaired) electrons. The lowest BCUT2D eigenvalue weighted by Crippen LogP contribution is -2.22. The largest absolute Gasteiger partial charge is 0.376 e. The van der Waals surface area contributed by atoms with Gasteiger partial charge in [0.1, 0.15) is 0 Å². The number of nitrogens with one attached hydrogen (secondary N) is 3. The fraction of sp³-hybridized carbons (Fsp3) is 0.125. The van der Waals surface area contributed by atoms with Crippen LogP contribution in [0.2, 0.25) is 10.0 Å². The van der Waals surface area contributed by atoms with Crippen molar-refractivity contribution in [2.45, 2.75) is 6.92 Å². The highest BCUT2D eigenvalue weighted by atomic mass is 35.5. The minimum atomic E-state index is -0.428. The summed E-state index contributed by atoms with van der Waals surface area (Å²) in [5.74, 6) is -0.812. The van der Waals surface area contributed by atoms with E-state index in [9.17, 15) is 9.59 Å². The first kappa shape index (κ1) is 23.3. The molecule has 6 nitrogen and oxygen atoms in total. The summed E-state index contributed by atoms with van der Waals surface area (Å²) in [5.41, 5.74) is 3.23. The second-order valence-corrected chi connectivity index (χ2v) is 8.23. The number of hydrogen-bond donors (Lipinski definition) is 3. The SMILES string of the molecule is CC(=N)c1ccc(C(=O)Nc2c(C(=O)Nc3ccc(Cl)cc3)cc(Cl)cc2N(C)C)cc1. The molecule has 3 N–H and O–H groups in total. The fourth-order valence-corrected chi connectivity index (χ4v) is 3.38. The Morgan fingerprint density at radius 2 is 1.41 bits per heavy atom. The number of hydrogen-bond acceptors (Lipinski definition) is 4. The van der Waals surface area contributed by atoms with Crippen molar-refractivity contribution in [1.29, 1.82) is 5.41 Å². The molecule has 0 saturated carbocycles. The van der Waals surface area contributed by atoms with Gasteiger partial charge in [-0.2, -0.15) is 0 Å². The first-order valence-electron chi connectivity index (χ1n) is 9.70. The summed E-state index contributed by atoms with van der Waals surface area (Å²) in [6.07, 6.45) is 0. The Hall–Kier alpha value is -3.35. The molecule has 0 aliphatic heterocycles. The van der Waals surface area contributed by atoms with Crippen LogP contribution in [0.25, 0.3) is 0 Å². The molecule has 0 unspecified atom stereocenters. The number of anilines is 3. The molecule has 8 heteroatoms. The number of benzene rings is 3. The molecule has 0 heterocycles. The number of nitrogens with zero attached hydrogens (tertiary/aromatic N) is 1. The van der Waals surface area contributed by atoms with Gasteiger partial charge in [0.15, 0.2) is 0 Å². The summed E-state index contributed by atoms with van der Waals surface area (Å²) in [5, 5.41) is 14.3. The lowest BCUT2D eigenvalue weighted by atomic mass is 10.1. The lowest BCUT2D eigenvalue weighted by Gasteiger charge is -2.21. The first-order valence-corrected chi connectivity index (χ1v) is 10.5. The summed E-state index contributed by atoms with van der Waals surface area (Å²) in [7, 11) is 3.59. The van der Waals surface area contributed by atoms with Gasteiger partial charge in [0.2, 0.25) is 0 Å². The average molecular weight is 469 g/mol. The van der Waals surface area contributed by atoms with E-state index in [0.717, 1.165) is 5.56 Å². The van der Waals surface area contributed by atoms with E-state index in [1.165, 1.54) is 6.07 Å². The summed E-state index contributed by atoms with van der Waals surface area (Å²) < 4.78 is 0. The topological polar surface area (TPSA) is 85.3 Å². The fourth-order valence-electron chi connectivity index (χ4n) is 3.04. The highest BCUT2D eigenvalue weighted by molar-refractivity contribution is 6.32. The number of rotatable bonds is 6. The summed E-state index contributed by atoms with van der Waals surface area (Å²) >= 11 is 12.2. The molecule has 0 bridgehead atoms. The van der Waals surface area contributed by atoms with Crippen LogP contribution in [0, 0.1) is 5.41 Å². The maximum Gasteiger partial charge on any atom is 0.257 e. The predicted octanol–water partition coefficient (Wildman–Crippen LogP) is 5.95. The van der Waals surface area contributed by atoms with Crippen LogP contribution in [0.1, 0.15) is 33.2 Å².